The number of nitrogens with zero attached hydrogens (tertiary/aromatic N) is 1. The Hall–Kier alpha value is -1.52. The molecule has 0 radical (unpaired) electrons. The molecule has 2 N–H and O–H groups in total. The second-order valence-corrected chi connectivity index (χ2v) is 2.22. The van der Waals surface area contributed by atoms with Crippen LogP contribution in [-0.2, 0) is 0 Å². The zero-order valence-corrected chi connectivity index (χ0v) is 5.65. The molecule has 5 nitrogen and oxygen atoms in total. The van der Waals surface area contributed by atoms with Gasteiger partial charge in [0.05, 0.1) is 11.0 Å². The molecule has 0 saturated heterocycles. The second kappa shape index (κ2) is 2.61. The average molecular weight is 157 g/mol. The van der Waals surface area contributed by atoms with Crippen LogP contribution in [0.25, 0.3) is 0 Å². The molecule has 0 unspecified atom stereocenters. The highest BCUT2D eigenvalue weighted by Crippen LogP contribution is 2.20. The Morgan fingerprint density at radius 2 is 2.09 bits per heavy atom. The van der Waals surface area contributed by atoms with E-state index in [-0.39, 0.29) is 24.3 Å². The number of hydrogen-bond donors (Lipinski definition) is 2. The molecular weight excluding hydrogens is 150 g/mol. The van der Waals surface area contributed by atoms with Crippen LogP contribution in [0.1, 0.15) is 12.8 Å². The highest BCUT2D eigenvalue weighted by Gasteiger charge is 2.19. The van der Waals surface area contributed by atoms with Gasteiger partial charge in [-0.3, -0.25) is 10.1 Å². The first-order valence-electron chi connectivity index (χ1n) is 3.07. The van der Waals surface area contributed by atoms with E-state index in [4.69, 9.17) is 10.2 Å². The topological polar surface area (TPSA) is 83.6 Å². The van der Waals surface area contributed by atoms with Crippen LogP contribution in [0.2, 0.25) is 0 Å². The summed E-state index contributed by atoms with van der Waals surface area (Å²) < 4.78 is 0. The molecule has 0 fully saturated rings. The predicted octanol–water partition coefficient (Wildman–Crippen LogP) is 1.27. The van der Waals surface area contributed by atoms with E-state index in [1.807, 2.05) is 0 Å². The van der Waals surface area contributed by atoms with Crippen LogP contribution in [0.4, 0.5) is 0 Å². The van der Waals surface area contributed by atoms with E-state index in [9.17, 15) is 10.1 Å². The van der Waals surface area contributed by atoms with Gasteiger partial charge in [-0.1, -0.05) is 0 Å². The molecule has 1 aliphatic rings. The SMILES string of the molecule is O=[N+]([O-])C1=CC(O)=C(O)CC1. The summed E-state index contributed by atoms with van der Waals surface area (Å²) in [6.07, 6.45) is 1.28. The highest BCUT2D eigenvalue weighted by molar-refractivity contribution is 5.21. The molecule has 0 bridgehead atoms. The summed E-state index contributed by atoms with van der Waals surface area (Å²) in [5, 5.41) is 27.8. The van der Waals surface area contributed by atoms with Crippen LogP contribution < -0.4 is 0 Å². The van der Waals surface area contributed by atoms with Crippen molar-refractivity contribution in [1.82, 2.24) is 0 Å². The fourth-order valence-electron chi connectivity index (χ4n) is 0.832. The van der Waals surface area contributed by atoms with Gasteiger partial charge in [0, 0.05) is 12.8 Å². The van der Waals surface area contributed by atoms with Gasteiger partial charge in [-0.2, -0.15) is 0 Å². The third-order valence-electron chi connectivity index (χ3n) is 1.45. The van der Waals surface area contributed by atoms with E-state index in [1.165, 1.54) is 0 Å². The number of nitro groups is 1. The third-order valence-corrected chi connectivity index (χ3v) is 1.45. The van der Waals surface area contributed by atoms with Crippen molar-refractivity contribution in [2.75, 3.05) is 0 Å². The van der Waals surface area contributed by atoms with Crippen molar-refractivity contribution >= 4 is 0 Å². The number of allylic oxidation sites excluding steroid dienone is 3. The van der Waals surface area contributed by atoms with E-state index in [1.54, 1.807) is 0 Å². The largest absolute Gasteiger partial charge is 0.508 e. The minimum Gasteiger partial charge on any atom is -0.508 e. The Morgan fingerprint density at radius 3 is 2.55 bits per heavy atom. The normalized spacial score (nSPS) is 18.0. The smallest absolute Gasteiger partial charge is 0.250 e. The van der Waals surface area contributed by atoms with Crippen molar-refractivity contribution in [2.24, 2.45) is 0 Å². The van der Waals surface area contributed by atoms with Gasteiger partial charge in [0.1, 0.15) is 5.76 Å². The van der Waals surface area contributed by atoms with Crippen molar-refractivity contribution in [1.29, 1.82) is 0 Å². The first-order chi connectivity index (χ1) is 5.11. The maximum Gasteiger partial charge on any atom is 0.250 e. The van der Waals surface area contributed by atoms with E-state index >= 15 is 0 Å². The second-order valence-electron chi connectivity index (χ2n) is 2.22. The van der Waals surface area contributed by atoms with Gasteiger partial charge in [-0.25, -0.2) is 0 Å². The van der Waals surface area contributed by atoms with Crippen LogP contribution in [0.15, 0.2) is 23.3 Å². The summed E-state index contributed by atoms with van der Waals surface area (Å²) in [5.41, 5.74) is -0.0692. The maximum atomic E-state index is 10.1. The maximum absolute atomic E-state index is 10.1. The van der Waals surface area contributed by atoms with Crippen molar-refractivity contribution in [3.63, 3.8) is 0 Å². The Morgan fingerprint density at radius 1 is 1.45 bits per heavy atom. The minimum atomic E-state index is -0.567. The molecule has 60 valence electrons. The third kappa shape index (κ3) is 1.49. The van der Waals surface area contributed by atoms with Crippen LogP contribution in [-0.4, -0.2) is 15.1 Å². The average Bonchev–Trinajstić information content (AvgIpc) is 1.94. The Labute approximate surface area is 62.4 Å². The van der Waals surface area contributed by atoms with E-state index in [0.717, 1.165) is 6.08 Å². The first-order valence-corrected chi connectivity index (χ1v) is 3.07. The summed E-state index contributed by atoms with van der Waals surface area (Å²) in [7, 11) is 0. The molecule has 0 heterocycles. The lowest BCUT2D eigenvalue weighted by atomic mass is 10.1. The van der Waals surface area contributed by atoms with Crippen LogP contribution in [0, 0.1) is 10.1 Å². The van der Waals surface area contributed by atoms with Gasteiger partial charge in [0.2, 0.25) is 0 Å². The fourth-order valence-corrected chi connectivity index (χ4v) is 0.832. The zero-order valence-electron chi connectivity index (χ0n) is 5.65. The van der Waals surface area contributed by atoms with Crippen LogP contribution in [0.5, 0.6) is 0 Å². The van der Waals surface area contributed by atoms with Gasteiger partial charge in [0.15, 0.2) is 5.76 Å². The van der Waals surface area contributed by atoms with Gasteiger partial charge in [-0.05, 0) is 0 Å². The van der Waals surface area contributed by atoms with Crippen molar-refractivity contribution in [3.05, 3.63) is 33.4 Å². The lowest BCUT2D eigenvalue weighted by Crippen LogP contribution is -2.05. The van der Waals surface area contributed by atoms with Gasteiger partial charge < -0.3 is 10.2 Å². The van der Waals surface area contributed by atoms with Crippen molar-refractivity contribution < 1.29 is 15.1 Å². The summed E-state index contributed by atoms with van der Waals surface area (Å²) in [4.78, 5) is 9.56. The Bertz CT molecular complexity index is 253. The summed E-state index contributed by atoms with van der Waals surface area (Å²) in [5.74, 6) is -0.585. The summed E-state index contributed by atoms with van der Waals surface area (Å²) in [6, 6.07) is 0. The molecule has 1 rings (SSSR count). The highest BCUT2D eigenvalue weighted by atomic mass is 16.6. The molecular formula is C6H7NO4. The molecule has 0 aromatic carbocycles. The molecule has 0 atom stereocenters. The van der Waals surface area contributed by atoms with Crippen LogP contribution in [0.3, 0.4) is 0 Å². The zero-order chi connectivity index (χ0) is 8.43. The first kappa shape index (κ1) is 7.59. The molecule has 0 spiro atoms. The lowest BCUT2D eigenvalue weighted by molar-refractivity contribution is -0.428. The molecule has 1 aliphatic carbocycles. The quantitative estimate of drug-likeness (QED) is 0.443. The van der Waals surface area contributed by atoms with Crippen LogP contribution >= 0.6 is 0 Å². The summed E-state index contributed by atoms with van der Waals surface area (Å²) >= 11 is 0. The molecule has 11 heavy (non-hydrogen) atoms. The van der Waals surface area contributed by atoms with E-state index in [2.05, 4.69) is 0 Å². The van der Waals surface area contributed by atoms with E-state index in [0.29, 0.717) is 0 Å². The Kier molecular flexibility index (Phi) is 1.80. The lowest BCUT2D eigenvalue weighted by Gasteiger charge is -2.05. The predicted molar refractivity (Wildman–Crippen MR) is 36.6 cm³/mol. The van der Waals surface area contributed by atoms with E-state index < -0.39 is 10.7 Å². The van der Waals surface area contributed by atoms with Gasteiger partial charge in [0.25, 0.3) is 5.70 Å². The fraction of sp³-hybridized carbons (Fsp3) is 0.333. The standard InChI is InChI=1S/C6H7NO4/c8-5-2-1-4(7(10)11)3-6(5)9/h3,8-9H,1-2H2. The Balaban J connectivity index is 2.89. The van der Waals surface area contributed by atoms with Crippen molar-refractivity contribution in [3.8, 4) is 0 Å². The van der Waals surface area contributed by atoms with Crippen molar-refractivity contribution in [2.45, 2.75) is 12.8 Å². The molecule has 5 heteroatoms. The van der Waals surface area contributed by atoms with Gasteiger partial charge in [-0.15, -0.1) is 0 Å². The number of rotatable bonds is 1. The minimum absolute atomic E-state index is 0.0692. The summed E-state index contributed by atoms with van der Waals surface area (Å²) in [6.45, 7) is 0. The monoisotopic (exact) mass is 157 g/mol. The molecule has 0 aliphatic heterocycles. The van der Waals surface area contributed by atoms with Gasteiger partial charge >= 0.3 is 0 Å². The molecule has 0 aromatic heterocycles. The number of aliphatic hydroxyl groups excluding tert-OH is 2. The number of hydrogen-bond acceptors (Lipinski definition) is 4. The molecule has 0 amide bonds. The molecule has 0 saturated carbocycles. The number of aliphatic hydroxyl groups is 2. The molecule has 0 aromatic rings.